The summed E-state index contributed by atoms with van der Waals surface area (Å²) in [5, 5.41) is 1.36. The first-order valence-electron chi connectivity index (χ1n) is 8.34. The van der Waals surface area contributed by atoms with E-state index < -0.39 is 11.9 Å². The number of esters is 2. The molecule has 1 aliphatic rings. The summed E-state index contributed by atoms with van der Waals surface area (Å²) in [7, 11) is 0. The highest BCUT2D eigenvalue weighted by molar-refractivity contribution is 6.13. The van der Waals surface area contributed by atoms with Gasteiger partial charge in [-0.25, -0.2) is 9.59 Å². The molecule has 0 radical (unpaired) electrons. The molecule has 3 aromatic carbocycles. The van der Waals surface area contributed by atoms with Gasteiger partial charge in [-0.15, -0.1) is 0 Å². The van der Waals surface area contributed by atoms with E-state index in [1.807, 2.05) is 42.5 Å². The van der Waals surface area contributed by atoms with Crippen molar-refractivity contribution in [1.82, 2.24) is 0 Å². The van der Waals surface area contributed by atoms with Gasteiger partial charge in [0.1, 0.15) is 13.2 Å². The molecule has 4 rings (SSSR count). The van der Waals surface area contributed by atoms with Gasteiger partial charge in [0.15, 0.2) is 0 Å². The van der Waals surface area contributed by atoms with Gasteiger partial charge in [0.2, 0.25) is 0 Å². The summed E-state index contributed by atoms with van der Waals surface area (Å²) in [4.78, 5) is 25.3. The molecule has 3 aromatic rings. The molecule has 0 bridgehead atoms. The first-order chi connectivity index (χ1) is 12.7. The maximum Gasteiger partial charge on any atom is 0.339 e. The Morgan fingerprint density at radius 3 is 2.04 bits per heavy atom. The average molecular weight is 344 g/mol. The molecule has 0 saturated heterocycles. The first-order valence-corrected chi connectivity index (χ1v) is 8.34. The van der Waals surface area contributed by atoms with E-state index in [1.165, 1.54) is 0 Å². The zero-order chi connectivity index (χ0) is 17.9. The van der Waals surface area contributed by atoms with Crippen LogP contribution in [0.4, 0.5) is 0 Å². The van der Waals surface area contributed by atoms with Crippen molar-refractivity contribution in [2.75, 3.05) is 13.2 Å². The molecule has 0 unspecified atom stereocenters. The van der Waals surface area contributed by atoms with Gasteiger partial charge in [-0.1, -0.05) is 54.6 Å². The third-order valence-electron chi connectivity index (χ3n) is 4.39. The molecular weight excluding hydrogens is 328 g/mol. The summed E-state index contributed by atoms with van der Waals surface area (Å²) >= 11 is 0. The Morgan fingerprint density at radius 1 is 0.692 bits per heavy atom. The number of hydrogen-bond donors (Lipinski definition) is 0. The van der Waals surface area contributed by atoms with Gasteiger partial charge in [-0.05, 0) is 34.7 Å². The maximum atomic E-state index is 12.7. The van der Waals surface area contributed by atoms with Crippen LogP contribution < -0.4 is 0 Å². The second-order valence-corrected chi connectivity index (χ2v) is 5.98. The van der Waals surface area contributed by atoms with Crippen LogP contribution in [0.1, 0.15) is 26.3 Å². The van der Waals surface area contributed by atoms with Gasteiger partial charge < -0.3 is 9.47 Å². The van der Waals surface area contributed by atoms with E-state index in [0.717, 1.165) is 16.5 Å². The van der Waals surface area contributed by atoms with Crippen molar-refractivity contribution < 1.29 is 19.1 Å². The lowest BCUT2D eigenvalue weighted by atomic mass is 9.99. The molecule has 0 saturated carbocycles. The standard InChI is InChI=1S/C22H16O4/c23-21-18-10-4-8-16-9-5-11-19(20(16)18)22(24)26-14-17(12-13-25-21)15-6-2-1-3-7-15/h1-12H,13-14H2/b17-12+. The topological polar surface area (TPSA) is 52.6 Å². The highest BCUT2D eigenvalue weighted by Gasteiger charge is 2.20. The first kappa shape index (κ1) is 16.1. The molecular formula is C22H16O4. The number of rotatable bonds is 1. The summed E-state index contributed by atoms with van der Waals surface area (Å²) in [5.41, 5.74) is 2.45. The molecule has 0 aliphatic carbocycles. The SMILES string of the molecule is O=C1OC/C=C(/c2ccccc2)COC(=O)c2cccc3cccc1c23. The van der Waals surface area contributed by atoms with Gasteiger partial charge in [-0.2, -0.15) is 0 Å². The fourth-order valence-electron chi connectivity index (χ4n) is 3.11. The minimum atomic E-state index is -0.459. The van der Waals surface area contributed by atoms with Crippen molar-refractivity contribution >= 4 is 28.3 Å². The number of carbonyl (C=O) groups excluding carboxylic acids is 2. The zero-order valence-electron chi connectivity index (χ0n) is 14.0. The van der Waals surface area contributed by atoms with E-state index in [1.54, 1.807) is 30.3 Å². The van der Waals surface area contributed by atoms with Gasteiger partial charge in [0, 0.05) is 5.39 Å². The summed E-state index contributed by atoms with van der Waals surface area (Å²) in [6.45, 7) is 0.220. The Labute approximate surface area is 150 Å². The molecule has 0 aromatic heterocycles. The van der Waals surface area contributed by atoms with Crippen molar-refractivity contribution in [3.05, 3.63) is 89.5 Å². The average Bonchev–Trinajstić information content (AvgIpc) is 2.71. The predicted octanol–water partition coefficient (Wildman–Crippen LogP) is 4.25. The predicted molar refractivity (Wildman–Crippen MR) is 98.9 cm³/mol. The Hall–Kier alpha value is -3.40. The van der Waals surface area contributed by atoms with E-state index in [-0.39, 0.29) is 13.2 Å². The van der Waals surface area contributed by atoms with Crippen LogP contribution in [0.3, 0.4) is 0 Å². The van der Waals surface area contributed by atoms with E-state index in [0.29, 0.717) is 16.5 Å². The summed E-state index contributed by atoms with van der Waals surface area (Å²) in [6, 6.07) is 20.2. The van der Waals surface area contributed by atoms with Crippen molar-refractivity contribution in [3.8, 4) is 0 Å². The summed E-state index contributed by atoms with van der Waals surface area (Å²) in [5.74, 6) is -0.916. The van der Waals surface area contributed by atoms with Gasteiger partial charge >= 0.3 is 11.9 Å². The van der Waals surface area contributed by atoms with E-state index in [2.05, 4.69) is 0 Å². The lowest BCUT2D eigenvalue weighted by Gasteiger charge is -2.11. The van der Waals surface area contributed by atoms with Crippen LogP contribution in [0.15, 0.2) is 72.8 Å². The van der Waals surface area contributed by atoms with Crippen LogP contribution in [0.5, 0.6) is 0 Å². The van der Waals surface area contributed by atoms with Crippen molar-refractivity contribution in [2.45, 2.75) is 0 Å². The van der Waals surface area contributed by atoms with Crippen LogP contribution in [0, 0.1) is 0 Å². The third-order valence-corrected chi connectivity index (χ3v) is 4.39. The minimum absolute atomic E-state index is 0.110. The van der Waals surface area contributed by atoms with E-state index in [9.17, 15) is 9.59 Å². The summed E-state index contributed by atoms with van der Waals surface area (Å²) < 4.78 is 11.0. The largest absolute Gasteiger partial charge is 0.458 e. The lowest BCUT2D eigenvalue weighted by Crippen LogP contribution is -2.10. The number of ether oxygens (including phenoxy) is 2. The zero-order valence-corrected chi connectivity index (χ0v) is 14.0. The molecule has 4 heteroatoms. The minimum Gasteiger partial charge on any atom is -0.458 e. The number of hydrogen-bond acceptors (Lipinski definition) is 4. The summed E-state index contributed by atoms with van der Waals surface area (Å²) in [6.07, 6.45) is 1.77. The molecule has 128 valence electrons. The smallest absolute Gasteiger partial charge is 0.339 e. The lowest BCUT2D eigenvalue weighted by molar-refractivity contribution is 0.0542. The normalized spacial score (nSPS) is 16.8. The number of carbonyl (C=O) groups is 2. The van der Waals surface area contributed by atoms with Gasteiger partial charge in [0.25, 0.3) is 0 Å². The van der Waals surface area contributed by atoms with Crippen molar-refractivity contribution in [1.29, 1.82) is 0 Å². The molecule has 26 heavy (non-hydrogen) atoms. The Kier molecular flexibility index (Phi) is 4.23. The molecule has 1 aliphatic heterocycles. The highest BCUT2D eigenvalue weighted by atomic mass is 16.5. The van der Waals surface area contributed by atoms with Crippen LogP contribution in [-0.4, -0.2) is 25.2 Å². The molecule has 4 nitrogen and oxygen atoms in total. The van der Waals surface area contributed by atoms with Crippen LogP contribution in [-0.2, 0) is 9.47 Å². The van der Waals surface area contributed by atoms with Crippen LogP contribution >= 0.6 is 0 Å². The molecule has 1 heterocycles. The third kappa shape index (κ3) is 2.97. The second-order valence-electron chi connectivity index (χ2n) is 5.98. The van der Waals surface area contributed by atoms with Gasteiger partial charge in [-0.3, -0.25) is 0 Å². The fourth-order valence-corrected chi connectivity index (χ4v) is 3.11. The molecule has 0 amide bonds. The van der Waals surface area contributed by atoms with Gasteiger partial charge in [0.05, 0.1) is 11.1 Å². The van der Waals surface area contributed by atoms with E-state index in [4.69, 9.17) is 9.47 Å². The van der Waals surface area contributed by atoms with Crippen LogP contribution in [0.25, 0.3) is 16.3 Å². The fraction of sp³-hybridized carbons (Fsp3) is 0.0909. The molecule has 0 spiro atoms. The quantitative estimate of drug-likeness (QED) is 0.619. The molecule has 0 fully saturated rings. The van der Waals surface area contributed by atoms with E-state index >= 15 is 0 Å². The Bertz CT molecular complexity index is 1010. The second kappa shape index (κ2) is 6.84. The maximum absolute atomic E-state index is 12.7. The number of benzene rings is 3. The Balaban J connectivity index is 1.80. The molecule has 0 atom stereocenters. The Morgan fingerprint density at radius 2 is 1.35 bits per heavy atom. The highest BCUT2D eigenvalue weighted by Crippen LogP contribution is 2.26. The van der Waals surface area contributed by atoms with Crippen molar-refractivity contribution in [2.24, 2.45) is 0 Å². The number of cyclic esters (lactones) is 2. The molecule has 0 N–H and O–H groups in total. The monoisotopic (exact) mass is 344 g/mol. The van der Waals surface area contributed by atoms with Crippen LogP contribution in [0.2, 0.25) is 0 Å². The van der Waals surface area contributed by atoms with Crippen molar-refractivity contribution in [3.63, 3.8) is 0 Å².